The second kappa shape index (κ2) is 7.19. The Labute approximate surface area is 122 Å². The summed E-state index contributed by atoms with van der Waals surface area (Å²) < 4.78 is 5.17. The Morgan fingerprint density at radius 3 is 3.10 bits per heavy atom. The molecule has 0 spiro atoms. The van der Waals surface area contributed by atoms with Crippen molar-refractivity contribution < 1.29 is 9.53 Å². The molecule has 0 aliphatic heterocycles. The maximum Gasteiger partial charge on any atom is 0.230 e. The van der Waals surface area contributed by atoms with E-state index in [9.17, 15) is 4.79 Å². The zero-order valence-electron chi connectivity index (χ0n) is 11.7. The first-order chi connectivity index (χ1) is 9.72. The van der Waals surface area contributed by atoms with Crippen molar-refractivity contribution >= 4 is 28.7 Å². The summed E-state index contributed by atoms with van der Waals surface area (Å²) in [6.45, 7) is 2.84. The van der Waals surface area contributed by atoms with E-state index >= 15 is 0 Å². The maximum absolute atomic E-state index is 11.6. The average molecular weight is 293 g/mol. The Morgan fingerprint density at radius 2 is 2.35 bits per heavy atom. The highest BCUT2D eigenvalue weighted by Gasteiger charge is 2.07. The number of carbonyl (C=O) groups is 1. The van der Waals surface area contributed by atoms with Crippen LogP contribution in [0.1, 0.15) is 19.8 Å². The van der Waals surface area contributed by atoms with Gasteiger partial charge in [-0.1, -0.05) is 25.1 Å². The van der Waals surface area contributed by atoms with E-state index < -0.39 is 0 Å². The minimum absolute atomic E-state index is 0.0430. The first kappa shape index (κ1) is 14.7. The summed E-state index contributed by atoms with van der Waals surface area (Å²) in [7, 11) is 1.63. The van der Waals surface area contributed by atoms with Crippen LogP contribution in [0.4, 0.5) is 0 Å². The van der Waals surface area contributed by atoms with Crippen molar-refractivity contribution in [3.8, 4) is 5.75 Å². The lowest BCUT2D eigenvalue weighted by Crippen LogP contribution is -2.26. The van der Waals surface area contributed by atoms with E-state index in [0.717, 1.165) is 41.3 Å². The van der Waals surface area contributed by atoms with Crippen LogP contribution in [-0.4, -0.2) is 35.3 Å². The molecule has 1 aromatic carbocycles. The number of rotatable bonds is 7. The molecule has 2 N–H and O–H groups in total. The third-order valence-electron chi connectivity index (χ3n) is 2.86. The first-order valence-corrected chi connectivity index (χ1v) is 7.64. The molecule has 2 aromatic rings. The Balaban J connectivity index is 1.91. The molecule has 0 fully saturated rings. The molecule has 0 atom stereocenters. The van der Waals surface area contributed by atoms with Crippen LogP contribution in [0.25, 0.3) is 11.0 Å². The van der Waals surface area contributed by atoms with Gasteiger partial charge in [0.1, 0.15) is 5.75 Å². The molecule has 0 unspecified atom stereocenters. The number of hydrogen-bond donors (Lipinski definition) is 2. The van der Waals surface area contributed by atoms with Crippen molar-refractivity contribution in [2.75, 3.05) is 19.4 Å². The summed E-state index contributed by atoms with van der Waals surface area (Å²) in [5.41, 5.74) is 1.79. The lowest BCUT2D eigenvalue weighted by Gasteiger charge is -2.02. The van der Waals surface area contributed by atoms with Crippen LogP contribution in [-0.2, 0) is 4.79 Å². The summed E-state index contributed by atoms with van der Waals surface area (Å²) in [6.07, 6.45) is 2.10. The quantitative estimate of drug-likeness (QED) is 0.608. The second-order valence-corrected chi connectivity index (χ2v) is 5.38. The number of aromatic nitrogens is 2. The molecule has 0 bridgehead atoms. The van der Waals surface area contributed by atoms with E-state index in [1.54, 1.807) is 7.11 Å². The number of methoxy groups -OCH3 is 1. The van der Waals surface area contributed by atoms with Crippen LogP contribution in [0.15, 0.2) is 23.4 Å². The van der Waals surface area contributed by atoms with Gasteiger partial charge in [-0.3, -0.25) is 4.79 Å². The fourth-order valence-electron chi connectivity index (χ4n) is 1.75. The van der Waals surface area contributed by atoms with Gasteiger partial charge >= 0.3 is 0 Å². The van der Waals surface area contributed by atoms with Crippen molar-refractivity contribution in [1.82, 2.24) is 15.3 Å². The zero-order chi connectivity index (χ0) is 14.4. The predicted octanol–water partition coefficient (Wildman–Crippen LogP) is 2.58. The number of imidazole rings is 1. The standard InChI is InChI=1S/C14H19N3O2S/c1-3-4-7-15-13(18)9-20-14-16-11-6-5-10(19-2)8-12(11)17-14/h5-6,8H,3-4,7,9H2,1-2H3,(H,15,18)(H,16,17). The van der Waals surface area contributed by atoms with Crippen molar-refractivity contribution in [3.63, 3.8) is 0 Å². The van der Waals surface area contributed by atoms with E-state index in [2.05, 4.69) is 22.2 Å². The minimum Gasteiger partial charge on any atom is -0.497 e. The average Bonchev–Trinajstić information content (AvgIpc) is 2.87. The number of H-pyrrole nitrogens is 1. The van der Waals surface area contributed by atoms with Crippen molar-refractivity contribution in [2.24, 2.45) is 0 Å². The number of nitrogens with one attached hydrogen (secondary N) is 2. The molecule has 6 heteroatoms. The van der Waals surface area contributed by atoms with Crippen LogP contribution >= 0.6 is 11.8 Å². The summed E-state index contributed by atoms with van der Waals surface area (Å²) in [4.78, 5) is 19.2. The van der Waals surface area contributed by atoms with E-state index in [4.69, 9.17) is 4.74 Å². The van der Waals surface area contributed by atoms with Crippen LogP contribution < -0.4 is 10.1 Å². The summed E-state index contributed by atoms with van der Waals surface area (Å²) >= 11 is 1.41. The van der Waals surface area contributed by atoms with E-state index in [-0.39, 0.29) is 5.91 Å². The number of thioether (sulfide) groups is 1. The molecule has 0 saturated heterocycles. The smallest absolute Gasteiger partial charge is 0.230 e. The summed E-state index contributed by atoms with van der Waals surface area (Å²) in [5, 5.41) is 3.63. The molecule has 1 amide bonds. The van der Waals surface area contributed by atoms with Gasteiger partial charge in [0.05, 0.1) is 23.9 Å². The number of unbranched alkanes of at least 4 members (excludes halogenated alkanes) is 1. The SMILES string of the molecule is CCCCNC(=O)CSc1nc2ccc(OC)cc2[nH]1. The molecule has 1 aromatic heterocycles. The highest BCUT2D eigenvalue weighted by atomic mass is 32.2. The molecule has 0 radical (unpaired) electrons. The van der Waals surface area contributed by atoms with Gasteiger partial charge in [-0.15, -0.1) is 0 Å². The van der Waals surface area contributed by atoms with Gasteiger partial charge in [-0.25, -0.2) is 4.98 Å². The van der Waals surface area contributed by atoms with Gasteiger partial charge in [-0.2, -0.15) is 0 Å². The van der Waals surface area contributed by atoms with Crippen molar-refractivity contribution in [3.05, 3.63) is 18.2 Å². The Morgan fingerprint density at radius 1 is 1.50 bits per heavy atom. The molecule has 20 heavy (non-hydrogen) atoms. The molecule has 108 valence electrons. The van der Waals surface area contributed by atoms with E-state index in [1.807, 2.05) is 18.2 Å². The highest BCUT2D eigenvalue weighted by Crippen LogP contribution is 2.22. The van der Waals surface area contributed by atoms with Crippen LogP contribution in [0.5, 0.6) is 5.75 Å². The van der Waals surface area contributed by atoms with E-state index in [1.165, 1.54) is 11.8 Å². The number of nitrogens with zero attached hydrogens (tertiary/aromatic N) is 1. The van der Waals surface area contributed by atoms with Gasteiger partial charge in [0, 0.05) is 12.6 Å². The van der Waals surface area contributed by atoms with Gasteiger partial charge in [0.25, 0.3) is 0 Å². The number of hydrogen-bond acceptors (Lipinski definition) is 4. The van der Waals surface area contributed by atoms with E-state index in [0.29, 0.717) is 5.75 Å². The minimum atomic E-state index is 0.0430. The maximum atomic E-state index is 11.6. The van der Waals surface area contributed by atoms with Gasteiger partial charge in [0.2, 0.25) is 5.91 Å². The van der Waals surface area contributed by atoms with Crippen LogP contribution in [0, 0.1) is 0 Å². The number of ether oxygens (including phenoxy) is 1. The molecule has 0 saturated carbocycles. The fourth-order valence-corrected chi connectivity index (χ4v) is 2.47. The Bertz CT molecular complexity index is 583. The van der Waals surface area contributed by atoms with Gasteiger partial charge in [0.15, 0.2) is 5.16 Å². The van der Waals surface area contributed by atoms with Gasteiger partial charge < -0.3 is 15.0 Å². The Kier molecular flexibility index (Phi) is 5.29. The second-order valence-electron chi connectivity index (χ2n) is 4.42. The lowest BCUT2D eigenvalue weighted by molar-refractivity contribution is -0.118. The Hall–Kier alpha value is -1.69. The van der Waals surface area contributed by atoms with Crippen LogP contribution in [0.3, 0.4) is 0 Å². The number of fused-ring (bicyclic) bond motifs is 1. The largest absolute Gasteiger partial charge is 0.497 e. The molecular formula is C14H19N3O2S. The lowest BCUT2D eigenvalue weighted by atomic mass is 10.3. The van der Waals surface area contributed by atoms with Crippen molar-refractivity contribution in [2.45, 2.75) is 24.9 Å². The topological polar surface area (TPSA) is 67.0 Å². The first-order valence-electron chi connectivity index (χ1n) is 6.66. The normalized spacial score (nSPS) is 10.7. The molecule has 0 aliphatic rings. The van der Waals surface area contributed by atoms with Gasteiger partial charge in [-0.05, 0) is 18.6 Å². The number of amides is 1. The fraction of sp³-hybridized carbons (Fsp3) is 0.429. The molecule has 0 aliphatic carbocycles. The summed E-state index contributed by atoms with van der Waals surface area (Å²) in [6, 6.07) is 5.67. The highest BCUT2D eigenvalue weighted by molar-refractivity contribution is 7.99. The van der Waals surface area contributed by atoms with Crippen molar-refractivity contribution in [1.29, 1.82) is 0 Å². The predicted molar refractivity (Wildman–Crippen MR) is 81.3 cm³/mol. The number of aromatic amines is 1. The van der Waals surface area contributed by atoms with Crippen LogP contribution in [0.2, 0.25) is 0 Å². The third kappa shape index (κ3) is 3.90. The monoisotopic (exact) mass is 293 g/mol. The molecular weight excluding hydrogens is 274 g/mol. The molecule has 1 heterocycles. The number of benzene rings is 1. The number of carbonyl (C=O) groups excluding carboxylic acids is 1. The molecule has 2 rings (SSSR count). The zero-order valence-corrected chi connectivity index (χ0v) is 12.5. The molecule has 5 nitrogen and oxygen atoms in total. The summed E-state index contributed by atoms with van der Waals surface area (Å²) in [5.74, 6) is 1.21. The third-order valence-corrected chi connectivity index (χ3v) is 3.73.